The SMILES string of the molecule is c1ccc(C2(c3ccccc3)c3ccccc3-c3cc(N(c4ccc5c(c4)sc4ccccc45)c4cccc5c4sc4ccccc45)ccc32)cc1. The van der Waals surface area contributed by atoms with Crippen LogP contribution in [0.2, 0.25) is 0 Å². The van der Waals surface area contributed by atoms with Crippen LogP contribution in [-0.2, 0) is 5.41 Å². The van der Waals surface area contributed by atoms with Crippen molar-refractivity contribution in [2.75, 3.05) is 4.90 Å². The zero-order chi connectivity index (χ0) is 34.2. The first kappa shape index (κ1) is 29.7. The molecule has 1 aliphatic carbocycles. The van der Waals surface area contributed by atoms with Crippen molar-refractivity contribution in [3.05, 3.63) is 210 Å². The molecule has 0 saturated carbocycles. The third-order valence-corrected chi connectivity index (χ3v) is 13.3. The molecule has 3 heteroatoms. The van der Waals surface area contributed by atoms with E-state index in [1.54, 1.807) is 0 Å². The molecule has 8 aromatic carbocycles. The van der Waals surface area contributed by atoms with Crippen molar-refractivity contribution in [2.45, 2.75) is 5.41 Å². The highest BCUT2D eigenvalue weighted by atomic mass is 32.1. The Labute approximate surface area is 310 Å². The van der Waals surface area contributed by atoms with Crippen molar-refractivity contribution in [3.63, 3.8) is 0 Å². The minimum absolute atomic E-state index is 0.431. The van der Waals surface area contributed by atoms with E-state index in [0.29, 0.717) is 0 Å². The van der Waals surface area contributed by atoms with Crippen LogP contribution >= 0.6 is 22.7 Å². The molecule has 0 spiro atoms. The lowest BCUT2D eigenvalue weighted by Gasteiger charge is -2.34. The molecular weight excluding hydrogens is 667 g/mol. The molecule has 1 aliphatic rings. The molecule has 0 fully saturated rings. The average Bonchev–Trinajstić information content (AvgIpc) is 3.87. The molecule has 0 unspecified atom stereocenters. The number of thiophene rings is 2. The minimum Gasteiger partial charge on any atom is -0.309 e. The van der Waals surface area contributed by atoms with Crippen molar-refractivity contribution in [2.24, 2.45) is 0 Å². The minimum atomic E-state index is -0.431. The summed E-state index contributed by atoms with van der Waals surface area (Å²) in [4.78, 5) is 2.50. The number of anilines is 3. The van der Waals surface area contributed by atoms with Crippen molar-refractivity contribution < 1.29 is 0 Å². The Hall–Kier alpha value is -6.00. The molecule has 0 amide bonds. The largest absolute Gasteiger partial charge is 0.309 e. The highest BCUT2D eigenvalue weighted by Crippen LogP contribution is 2.57. The van der Waals surface area contributed by atoms with Gasteiger partial charge in [-0.3, -0.25) is 0 Å². The zero-order valence-corrected chi connectivity index (χ0v) is 29.8. The maximum atomic E-state index is 2.50. The third-order valence-electron chi connectivity index (χ3n) is 10.9. The Bertz CT molecular complexity index is 2930. The first-order valence-corrected chi connectivity index (χ1v) is 19.4. The van der Waals surface area contributed by atoms with Gasteiger partial charge in [0.1, 0.15) is 0 Å². The summed E-state index contributed by atoms with van der Waals surface area (Å²) in [7, 11) is 0. The Balaban J connectivity index is 1.20. The number of fused-ring (bicyclic) bond motifs is 9. The second-order valence-corrected chi connectivity index (χ2v) is 15.8. The van der Waals surface area contributed by atoms with Crippen molar-refractivity contribution in [1.29, 1.82) is 0 Å². The fraction of sp³-hybridized carbons (Fsp3) is 0.0204. The maximum Gasteiger partial charge on any atom is 0.0713 e. The predicted octanol–water partition coefficient (Wildman–Crippen LogP) is 14.3. The predicted molar refractivity (Wildman–Crippen MR) is 224 cm³/mol. The van der Waals surface area contributed by atoms with Gasteiger partial charge in [0.25, 0.3) is 0 Å². The van der Waals surface area contributed by atoms with E-state index in [-0.39, 0.29) is 0 Å². The molecule has 1 nitrogen and oxygen atoms in total. The van der Waals surface area contributed by atoms with Crippen LogP contribution in [0.25, 0.3) is 51.5 Å². The number of benzene rings is 8. The van der Waals surface area contributed by atoms with Crippen LogP contribution < -0.4 is 4.90 Å². The van der Waals surface area contributed by atoms with Gasteiger partial charge < -0.3 is 4.90 Å². The number of rotatable bonds is 5. The lowest BCUT2D eigenvalue weighted by Crippen LogP contribution is -2.28. The van der Waals surface area contributed by atoms with E-state index in [0.717, 1.165) is 11.4 Å². The molecule has 244 valence electrons. The normalized spacial score (nSPS) is 13.2. The first-order valence-electron chi connectivity index (χ1n) is 17.8. The van der Waals surface area contributed by atoms with Gasteiger partial charge in [0.2, 0.25) is 0 Å². The van der Waals surface area contributed by atoms with Gasteiger partial charge in [0.05, 0.1) is 15.8 Å². The molecule has 0 radical (unpaired) electrons. The van der Waals surface area contributed by atoms with E-state index >= 15 is 0 Å². The van der Waals surface area contributed by atoms with Gasteiger partial charge in [0.15, 0.2) is 0 Å². The lowest BCUT2D eigenvalue weighted by molar-refractivity contribution is 0.768. The maximum absolute atomic E-state index is 2.50. The number of hydrogen-bond acceptors (Lipinski definition) is 3. The second-order valence-electron chi connectivity index (χ2n) is 13.6. The quantitative estimate of drug-likeness (QED) is 0.173. The van der Waals surface area contributed by atoms with Gasteiger partial charge in [-0.1, -0.05) is 146 Å². The summed E-state index contributed by atoms with van der Waals surface area (Å²) in [5.74, 6) is 0. The summed E-state index contributed by atoms with van der Waals surface area (Å²) in [6.07, 6.45) is 0. The Kier molecular flexibility index (Phi) is 6.57. The summed E-state index contributed by atoms with van der Waals surface area (Å²) in [5.41, 5.74) is 10.8. The molecule has 0 N–H and O–H groups in total. The molecular formula is C49H31NS2. The van der Waals surface area contributed by atoms with Crippen molar-refractivity contribution in [3.8, 4) is 11.1 Å². The summed E-state index contributed by atoms with van der Waals surface area (Å²) in [5, 5.41) is 5.23. The highest BCUT2D eigenvalue weighted by molar-refractivity contribution is 7.26. The first-order chi connectivity index (χ1) is 25.8. The lowest BCUT2D eigenvalue weighted by atomic mass is 9.68. The average molecular weight is 698 g/mol. The van der Waals surface area contributed by atoms with Crippen LogP contribution in [0.5, 0.6) is 0 Å². The molecule has 0 aliphatic heterocycles. The van der Waals surface area contributed by atoms with Gasteiger partial charge >= 0.3 is 0 Å². The summed E-state index contributed by atoms with van der Waals surface area (Å²) in [6, 6.07) is 69.7. The van der Waals surface area contributed by atoms with Crippen LogP contribution in [0.4, 0.5) is 17.1 Å². The molecule has 2 aromatic heterocycles. The van der Waals surface area contributed by atoms with Crippen LogP contribution in [0.15, 0.2) is 188 Å². The fourth-order valence-electron chi connectivity index (χ4n) is 8.77. The van der Waals surface area contributed by atoms with E-state index in [1.165, 1.54) is 79.4 Å². The van der Waals surface area contributed by atoms with Crippen molar-refractivity contribution in [1.82, 2.24) is 0 Å². The van der Waals surface area contributed by atoms with E-state index < -0.39 is 5.41 Å². The zero-order valence-electron chi connectivity index (χ0n) is 28.2. The van der Waals surface area contributed by atoms with E-state index in [4.69, 9.17) is 0 Å². The molecule has 10 aromatic rings. The van der Waals surface area contributed by atoms with Gasteiger partial charge in [-0.2, -0.15) is 0 Å². The molecule has 11 rings (SSSR count). The summed E-state index contributed by atoms with van der Waals surface area (Å²) in [6.45, 7) is 0. The third kappa shape index (κ3) is 4.21. The Morgan fingerprint density at radius 2 is 0.923 bits per heavy atom. The highest BCUT2D eigenvalue weighted by Gasteiger charge is 2.46. The fourth-order valence-corrected chi connectivity index (χ4v) is 11.1. The molecule has 0 saturated heterocycles. The standard InChI is InChI=1S/C49H31NS2/c1-3-14-32(15-4-1)49(33-16-5-2-6-17-33)42-22-10-7-18-36(42)41-30-34(27-29-43(41)49)50(35-26-28-39-37-19-8-11-24-45(37)51-47(39)31-35)44-23-13-21-40-38-20-9-12-25-46(38)52-48(40)44/h1-31H. The summed E-state index contributed by atoms with van der Waals surface area (Å²) >= 11 is 3.76. The monoisotopic (exact) mass is 697 g/mol. The van der Waals surface area contributed by atoms with Gasteiger partial charge in [-0.25, -0.2) is 0 Å². The Morgan fingerprint density at radius 1 is 0.365 bits per heavy atom. The van der Waals surface area contributed by atoms with Gasteiger partial charge in [-0.05, 0) is 75.8 Å². The van der Waals surface area contributed by atoms with E-state index in [9.17, 15) is 0 Å². The molecule has 0 atom stereocenters. The number of hydrogen-bond donors (Lipinski definition) is 0. The topological polar surface area (TPSA) is 3.24 Å². The smallest absolute Gasteiger partial charge is 0.0713 e. The molecule has 2 heterocycles. The van der Waals surface area contributed by atoms with Crippen LogP contribution in [-0.4, -0.2) is 0 Å². The van der Waals surface area contributed by atoms with Crippen LogP contribution in [0.3, 0.4) is 0 Å². The van der Waals surface area contributed by atoms with E-state index in [1.807, 2.05) is 22.7 Å². The van der Waals surface area contributed by atoms with Crippen LogP contribution in [0.1, 0.15) is 22.3 Å². The Morgan fingerprint density at radius 3 is 1.69 bits per heavy atom. The summed E-state index contributed by atoms with van der Waals surface area (Å²) < 4.78 is 5.22. The number of nitrogens with zero attached hydrogens (tertiary/aromatic N) is 1. The second kappa shape index (κ2) is 11.5. The van der Waals surface area contributed by atoms with Crippen molar-refractivity contribution >= 4 is 80.1 Å². The van der Waals surface area contributed by atoms with E-state index in [2.05, 4.69) is 193 Å². The van der Waals surface area contributed by atoms with Gasteiger partial charge in [0, 0.05) is 47.0 Å². The van der Waals surface area contributed by atoms with Crippen LogP contribution in [0, 0.1) is 0 Å². The van der Waals surface area contributed by atoms with Gasteiger partial charge in [-0.15, -0.1) is 22.7 Å². The molecule has 52 heavy (non-hydrogen) atoms. The molecule has 0 bridgehead atoms.